The van der Waals surface area contributed by atoms with E-state index in [4.69, 9.17) is 14.2 Å². The number of nitrogens with one attached hydrogen (secondary N) is 2. The van der Waals surface area contributed by atoms with Crippen LogP contribution in [-0.2, 0) is 4.79 Å². The van der Waals surface area contributed by atoms with E-state index in [1.165, 1.54) is 30.5 Å². The van der Waals surface area contributed by atoms with Crippen molar-refractivity contribution in [3.05, 3.63) is 42.5 Å². The lowest BCUT2D eigenvalue weighted by Crippen LogP contribution is -2.45. The number of urea groups is 1. The summed E-state index contributed by atoms with van der Waals surface area (Å²) in [6.45, 7) is 0.470. The molecule has 1 unspecified atom stereocenters. The third-order valence-corrected chi connectivity index (χ3v) is 6.30. The predicted octanol–water partition coefficient (Wildman–Crippen LogP) is 3.87. The zero-order valence-corrected chi connectivity index (χ0v) is 19.8. The number of rotatable bonds is 7. The normalized spacial score (nSPS) is 15.0. The van der Waals surface area contributed by atoms with E-state index in [-0.39, 0.29) is 11.9 Å². The van der Waals surface area contributed by atoms with Gasteiger partial charge in [0.2, 0.25) is 11.0 Å². The smallest absolute Gasteiger partial charge is 0.322 e. The number of hydrogen-bond acceptors (Lipinski definition) is 8. The molecule has 2 heterocycles. The summed E-state index contributed by atoms with van der Waals surface area (Å²) in [7, 11) is 4.68. The first kappa shape index (κ1) is 23.3. The van der Waals surface area contributed by atoms with Crippen molar-refractivity contribution in [2.75, 3.05) is 38.5 Å². The van der Waals surface area contributed by atoms with E-state index < -0.39 is 6.04 Å². The van der Waals surface area contributed by atoms with Crippen LogP contribution in [0.2, 0.25) is 0 Å². The van der Waals surface area contributed by atoms with Crippen LogP contribution in [0.25, 0.3) is 10.6 Å². The molecule has 178 valence electrons. The summed E-state index contributed by atoms with van der Waals surface area (Å²) < 4.78 is 15.7. The summed E-state index contributed by atoms with van der Waals surface area (Å²) in [5.74, 6) is 1.55. The fourth-order valence-corrected chi connectivity index (χ4v) is 4.42. The van der Waals surface area contributed by atoms with Gasteiger partial charge in [-0.2, -0.15) is 0 Å². The van der Waals surface area contributed by atoms with Gasteiger partial charge in [0.05, 0.1) is 21.3 Å². The summed E-state index contributed by atoms with van der Waals surface area (Å²) in [5.41, 5.74) is 1.38. The number of hydrogen-bond donors (Lipinski definition) is 2. The number of carbonyl (C=O) groups is 2. The van der Waals surface area contributed by atoms with Crippen molar-refractivity contribution < 1.29 is 23.8 Å². The van der Waals surface area contributed by atoms with Gasteiger partial charge < -0.3 is 24.4 Å². The SMILES string of the molecule is COc1ccc(-c2nnc(NC(=O)C3CCCN3C(=O)Nc3cc(OC)cc(OC)c3)s2)cc1. The third kappa shape index (κ3) is 5.20. The molecule has 1 saturated heterocycles. The van der Waals surface area contributed by atoms with Gasteiger partial charge >= 0.3 is 6.03 Å². The van der Waals surface area contributed by atoms with Crippen LogP contribution in [0.5, 0.6) is 17.2 Å². The summed E-state index contributed by atoms with van der Waals surface area (Å²) in [6, 6.07) is 11.5. The molecule has 0 aliphatic carbocycles. The van der Waals surface area contributed by atoms with Gasteiger partial charge in [0.15, 0.2) is 0 Å². The minimum absolute atomic E-state index is 0.298. The van der Waals surface area contributed by atoms with Crippen LogP contribution in [0.1, 0.15) is 12.8 Å². The van der Waals surface area contributed by atoms with Crippen LogP contribution in [0.4, 0.5) is 15.6 Å². The number of nitrogens with zero attached hydrogens (tertiary/aromatic N) is 3. The molecule has 4 rings (SSSR count). The van der Waals surface area contributed by atoms with Crippen LogP contribution in [0.3, 0.4) is 0 Å². The van der Waals surface area contributed by atoms with E-state index in [0.717, 1.165) is 17.7 Å². The lowest BCUT2D eigenvalue weighted by molar-refractivity contribution is -0.119. The van der Waals surface area contributed by atoms with Gasteiger partial charge in [0, 0.05) is 36.0 Å². The second-order valence-corrected chi connectivity index (χ2v) is 8.49. The number of likely N-dealkylation sites (tertiary alicyclic amines) is 1. The molecular formula is C23H25N5O5S. The Hall–Kier alpha value is -3.86. The number of carbonyl (C=O) groups excluding carboxylic acids is 2. The lowest BCUT2D eigenvalue weighted by Gasteiger charge is -2.24. The second-order valence-electron chi connectivity index (χ2n) is 7.51. The summed E-state index contributed by atoms with van der Waals surface area (Å²) in [6.07, 6.45) is 1.28. The first-order valence-corrected chi connectivity index (χ1v) is 11.4. The van der Waals surface area contributed by atoms with Gasteiger partial charge in [0.25, 0.3) is 0 Å². The van der Waals surface area contributed by atoms with Crippen LogP contribution >= 0.6 is 11.3 Å². The topological polar surface area (TPSA) is 115 Å². The molecule has 1 atom stereocenters. The Morgan fingerprint density at radius 1 is 0.941 bits per heavy atom. The van der Waals surface area contributed by atoms with E-state index in [9.17, 15) is 9.59 Å². The van der Waals surface area contributed by atoms with Crippen LogP contribution in [-0.4, -0.2) is 61.0 Å². The van der Waals surface area contributed by atoms with Crippen molar-refractivity contribution in [2.45, 2.75) is 18.9 Å². The Kier molecular flexibility index (Phi) is 7.12. The monoisotopic (exact) mass is 483 g/mol. The molecule has 2 aromatic carbocycles. The van der Waals surface area contributed by atoms with Crippen molar-refractivity contribution in [3.8, 4) is 27.8 Å². The van der Waals surface area contributed by atoms with Gasteiger partial charge in [-0.25, -0.2) is 4.79 Å². The zero-order valence-electron chi connectivity index (χ0n) is 19.0. The summed E-state index contributed by atoms with van der Waals surface area (Å²) in [5, 5.41) is 14.9. The quantitative estimate of drug-likeness (QED) is 0.524. The van der Waals surface area contributed by atoms with Crippen LogP contribution < -0.4 is 24.8 Å². The fraction of sp³-hybridized carbons (Fsp3) is 0.304. The van der Waals surface area contributed by atoms with Gasteiger partial charge in [-0.1, -0.05) is 11.3 Å². The van der Waals surface area contributed by atoms with E-state index in [2.05, 4.69) is 20.8 Å². The number of aromatic nitrogens is 2. The first-order chi connectivity index (χ1) is 16.5. The minimum Gasteiger partial charge on any atom is -0.497 e. The van der Waals surface area contributed by atoms with E-state index >= 15 is 0 Å². The fourth-order valence-electron chi connectivity index (χ4n) is 3.67. The molecule has 3 aromatic rings. The average molecular weight is 484 g/mol. The maximum absolute atomic E-state index is 13.0. The second kappa shape index (κ2) is 10.4. The number of methoxy groups -OCH3 is 3. The molecule has 1 aromatic heterocycles. The van der Waals surface area contributed by atoms with Crippen molar-refractivity contribution in [1.82, 2.24) is 15.1 Å². The van der Waals surface area contributed by atoms with Crippen LogP contribution in [0, 0.1) is 0 Å². The van der Waals surface area contributed by atoms with Gasteiger partial charge in [0.1, 0.15) is 28.3 Å². The molecular weight excluding hydrogens is 458 g/mol. The first-order valence-electron chi connectivity index (χ1n) is 10.6. The highest BCUT2D eigenvalue weighted by molar-refractivity contribution is 7.18. The molecule has 10 nitrogen and oxygen atoms in total. The third-order valence-electron chi connectivity index (χ3n) is 5.41. The van der Waals surface area contributed by atoms with Gasteiger partial charge in [-0.15, -0.1) is 10.2 Å². The number of amides is 3. The molecule has 11 heteroatoms. The molecule has 0 radical (unpaired) electrons. The molecule has 0 saturated carbocycles. The highest BCUT2D eigenvalue weighted by atomic mass is 32.1. The Labute approximate surface area is 200 Å². The molecule has 1 aliphatic rings. The maximum atomic E-state index is 13.0. The minimum atomic E-state index is -0.610. The molecule has 1 fully saturated rings. The highest BCUT2D eigenvalue weighted by Gasteiger charge is 2.34. The number of benzene rings is 2. The van der Waals surface area contributed by atoms with Crippen molar-refractivity contribution in [1.29, 1.82) is 0 Å². The Morgan fingerprint density at radius 2 is 1.62 bits per heavy atom. The standard InChI is InChI=1S/C23H25N5O5S/c1-31-16-8-6-14(7-9-16)21-26-27-22(34-21)25-20(29)19-5-4-10-28(19)23(30)24-15-11-17(32-2)13-18(12-15)33-3/h6-9,11-13,19H,4-5,10H2,1-3H3,(H,24,30)(H,25,27,29). The van der Waals surface area contributed by atoms with Crippen molar-refractivity contribution in [3.63, 3.8) is 0 Å². The maximum Gasteiger partial charge on any atom is 0.322 e. The Balaban J connectivity index is 1.41. The van der Waals surface area contributed by atoms with Crippen molar-refractivity contribution >= 4 is 34.1 Å². The van der Waals surface area contributed by atoms with Gasteiger partial charge in [-0.3, -0.25) is 10.1 Å². The molecule has 0 spiro atoms. The number of anilines is 2. The van der Waals surface area contributed by atoms with E-state index in [0.29, 0.717) is 40.3 Å². The molecule has 2 N–H and O–H groups in total. The highest BCUT2D eigenvalue weighted by Crippen LogP contribution is 2.29. The largest absolute Gasteiger partial charge is 0.497 e. The van der Waals surface area contributed by atoms with E-state index in [1.54, 1.807) is 25.3 Å². The predicted molar refractivity (Wildman–Crippen MR) is 129 cm³/mol. The molecule has 0 bridgehead atoms. The van der Waals surface area contributed by atoms with E-state index in [1.807, 2.05) is 24.3 Å². The Morgan fingerprint density at radius 3 is 2.26 bits per heavy atom. The summed E-state index contributed by atoms with van der Waals surface area (Å²) in [4.78, 5) is 27.4. The Bertz CT molecular complexity index is 1140. The molecule has 3 amide bonds. The molecule has 1 aliphatic heterocycles. The zero-order chi connectivity index (χ0) is 24.1. The molecule has 34 heavy (non-hydrogen) atoms. The lowest BCUT2D eigenvalue weighted by atomic mass is 10.2. The number of ether oxygens (including phenoxy) is 3. The van der Waals surface area contributed by atoms with Crippen molar-refractivity contribution in [2.24, 2.45) is 0 Å². The van der Waals surface area contributed by atoms with Gasteiger partial charge in [-0.05, 0) is 37.1 Å². The average Bonchev–Trinajstić information content (AvgIpc) is 3.54. The van der Waals surface area contributed by atoms with Crippen LogP contribution in [0.15, 0.2) is 42.5 Å². The summed E-state index contributed by atoms with van der Waals surface area (Å²) >= 11 is 1.27.